The zero-order valence-electron chi connectivity index (χ0n) is 18.1. The molecule has 172 valence electrons. The zero-order valence-corrected chi connectivity index (χ0v) is 18.9. The summed E-state index contributed by atoms with van der Waals surface area (Å²) in [5.41, 5.74) is 8.18. The molecule has 1 aliphatic rings. The Hall–Kier alpha value is -3.43. The Labute approximate surface area is 193 Å². The van der Waals surface area contributed by atoms with Crippen molar-refractivity contribution in [1.29, 1.82) is 0 Å². The van der Waals surface area contributed by atoms with Crippen molar-refractivity contribution in [2.75, 3.05) is 31.1 Å². The van der Waals surface area contributed by atoms with E-state index < -0.39 is 16.2 Å². The smallest absolute Gasteiger partial charge is 0.356 e. The summed E-state index contributed by atoms with van der Waals surface area (Å²) in [6, 6.07) is 20.6. The van der Waals surface area contributed by atoms with Crippen molar-refractivity contribution in [1.82, 2.24) is 9.88 Å². The number of benzene rings is 2. The van der Waals surface area contributed by atoms with Crippen LogP contribution in [0, 0.1) is 0 Å². The van der Waals surface area contributed by atoms with Crippen molar-refractivity contribution in [3.05, 3.63) is 84.6 Å². The molecule has 33 heavy (non-hydrogen) atoms. The number of rotatable bonds is 7. The number of piperazine rings is 1. The maximum atomic E-state index is 12.8. The standard InChI is InChI=1S/C24H26N4O4S/c25-22(24(29)28-16-14-27(15-17-28)20-6-2-1-3-7-20)18-19-9-11-21(12-10-19)32-33(30,31)23-8-4-5-13-26-23/h1-13,22H,14-18,25H2/t22-/m0/s1. The molecule has 0 saturated carbocycles. The van der Waals surface area contributed by atoms with Crippen molar-refractivity contribution in [3.8, 4) is 5.75 Å². The molecule has 0 radical (unpaired) electrons. The Morgan fingerprint density at radius 3 is 2.24 bits per heavy atom. The quantitative estimate of drug-likeness (QED) is 0.531. The maximum absolute atomic E-state index is 12.8. The Balaban J connectivity index is 1.30. The number of amides is 1. The minimum atomic E-state index is -4.00. The van der Waals surface area contributed by atoms with Gasteiger partial charge < -0.3 is 19.7 Å². The monoisotopic (exact) mass is 466 g/mol. The largest absolute Gasteiger partial charge is 0.378 e. The predicted molar refractivity (Wildman–Crippen MR) is 125 cm³/mol. The van der Waals surface area contributed by atoms with Crippen LogP contribution in [0.15, 0.2) is 84.0 Å². The molecule has 2 aromatic carbocycles. The van der Waals surface area contributed by atoms with Gasteiger partial charge in [0.05, 0.1) is 6.04 Å². The minimum absolute atomic E-state index is 0.0826. The molecule has 1 saturated heterocycles. The first-order chi connectivity index (χ1) is 15.9. The highest BCUT2D eigenvalue weighted by atomic mass is 32.2. The molecule has 0 spiro atoms. The van der Waals surface area contributed by atoms with Crippen molar-refractivity contribution < 1.29 is 17.4 Å². The van der Waals surface area contributed by atoms with Crippen LogP contribution in [-0.4, -0.2) is 56.4 Å². The fourth-order valence-electron chi connectivity index (χ4n) is 3.75. The molecule has 8 nitrogen and oxygen atoms in total. The second-order valence-electron chi connectivity index (χ2n) is 7.81. The normalized spacial score (nSPS) is 15.2. The van der Waals surface area contributed by atoms with Crippen LogP contribution >= 0.6 is 0 Å². The van der Waals surface area contributed by atoms with Crippen LogP contribution in [0.1, 0.15) is 5.56 Å². The summed E-state index contributed by atoms with van der Waals surface area (Å²) in [4.78, 5) is 20.7. The molecule has 1 aliphatic heterocycles. The molecule has 1 atom stereocenters. The van der Waals surface area contributed by atoms with Gasteiger partial charge in [0.25, 0.3) is 0 Å². The molecule has 1 amide bonds. The van der Waals surface area contributed by atoms with Crippen LogP contribution in [0.5, 0.6) is 5.75 Å². The number of carbonyl (C=O) groups excluding carboxylic acids is 1. The molecular weight excluding hydrogens is 440 g/mol. The molecule has 3 aromatic rings. The van der Waals surface area contributed by atoms with Gasteiger partial charge in [0, 0.05) is 38.1 Å². The zero-order chi connectivity index (χ0) is 23.3. The highest BCUT2D eigenvalue weighted by Crippen LogP contribution is 2.19. The van der Waals surface area contributed by atoms with Crippen LogP contribution < -0.4 is 14.8 Å². The maximum Gasteiger partial charge on any atom is 0.356 e. The third-order valence-electron chi connectivity index (χ3n) is 5.51. The van der Waals surface area contributed by atoms with Crippen LogP contribution in [0.2, 0.25) is 0 Å². The summed E-state index contributed by atoms with van der Waals surface area (Å²) >= 11 is 0. The number of nitrogens with zero attached hydrogens (tertiary/aromatic N) is 3. The van der Waals surface area contributed by atoms with E-state index in [2.05, 4.69) is 22.0 Å². The predicted octanol–water partition coefficient (Wildman–Crippen LogP) is 2.07. The lowest BCUT2D eigenvalue weighted by Gasteiger charge is -2.37. The van der Waals surface area contributed by atoms with Gasteiger partial charge in [-0.3, -0.25) is 4.79 Å². The van der Waals surface area contributed by atoms with Gasteiger partial charge in [-0.25, -0.2) is 4.98 Å². The highest BCUT2D eigenvalue weighted by Gasteiger charge is 2.25. The first kappa shape index (κ1) is 22.8. The summed E-state index contributed by atoms with van der Waals surface area (Å²) in [6.45, 7) is 2.78. The Morgan fingerprint density at radius 1 is 0.939 bits per heavy atom. The second-order valence-corrected chi connectivity index (χ2v) is 9.30. The molecule has 0 unspecified atom stereocenters. The van der Waals surface area contributed by atoms with E-state index in [4.69, 9.17) is 9.92 Å². The molecule has 0 bridgehead atoms. The molecule has 1 fully saturated rings. The van der Waals surface area contributed by atoms with Crippen molar-refractivity contribution in [3.63, 3.8) is 0 Å². The molecule has 0 aliphatic carbocycles. The summed E-state index contributed by atoms with van der Waals surface area (Å²) in [5.74, 6) is 0.0853. The van der Waals surface area contributed by atoms with Crippen LogP contribution in [-0.2, 0) is 21.3 Å². The highest BCUT2D eigenvalue weighted by molar-refractivity contribution is 7.87. The molecule has 2 heterocycles. The lowest BCUT2D eigenvalue weighted by atomic mass is 10.0. The molecular formula is C24H26N4O4S. The fraction of sp³-hybridized carbons (Fsp3) is 0.250. The van der Waals surface area contributed by atoms with Crippen molar-refractivity contribution >= 4 is 21.7 Å². The van der Waals surface area contributed by atoms with E-state index in [1.54, 1.807) is 41.3 Å². The number of para-hydroxylation sites is 1. The van der Waals surface area contributed by atoms with Crippen molar-refractivity contribution in [2.45, 2.75) is 17.5 Å². The number of carbonyl (C=O) groups is 1. The molecule has 9 heteroatoms. The van der Waals surface area contributed by atoms with Gasteiger partial charge >= 0.3 is 10.1 Å². The van der Waals surface area contributed by atoms with E-state index in [1.165, 1.54) is 12.3 Å². The van der Waals surface area contributed by atoms with Gasteiger partial charge in [0.1, 0.15) is 5.75 Å². The number of hydrogen-bond donors (Lipinski definition) is 1. The SMILES string of the molecule is N[C@@H](Cc1ccc(OS(=O)(=O)c2ccccn2)cc1)C(=O)N1CCN(c2ccccc2)CC1. The van der Waals surface area contributed by atoms with Crippen LogP contribution in [0.4, 0.5) is 5.69 Å². The van der Waals surface area contributed by atoms with Gasteiger partial charge in [-0.15, -0.1) is 0 Å². The number of nitrogens with two attached hydrogens (primary N) is 1. The van der Waals surface area contributed by atoms with E-state index in [1.807, 2.05) is 18.2 Å². The summed E-state index contributed by atoms with van der Waals surface area (Å²) in [7, 11) is -4.00. The topological polar surface area (TPSA) is 106 Å². The van der Waals surface area contributed by atoms with E-state index in [0.717, 1.165) is 24.3 Å². The first-order valence-corrected chi connectivity index (χ1v) is 12.1. The second kappa shape index (κ2) is 10.0. The number of hydrogen-bond acceptors (Lipinski definition) is 7. The third kappa shape index (κ3) is 5.68. The van der Waals surface area contributed by atoms with Gasteiger partial charge in [-0.1, -0.05) is 36.4 Å². The lowest BCUT2D eigenvalue weighted by Crippen LogP contribution is -2.53. The first-order valence-electron chi connectivity index (χ1n) is 10.7. The Kier molecular flexibility index (Phi) is 6.90. The minimum Gasteiger partial charge on any atom is -0.378 e. The number of anilines is 1. The van der Waals surface area contributed by atoms with Crippen molar-refractivity contribution in [2.24, 2.45) is 5.73 Å². The van der Waals surface area contributed by atoms with Gasteiger partial charge in [0.2, 0.25) is 5.91 Å². The van der Waals surface area contributed by atoms with Gasteiger partial charge in [-0.2, -0.15) is 8.42 Å². The Morgan fingerprint density at radius 2 is 1.61 bits per heavy atom. The van der Waals surface area contributed by atoms with Gasteiger partial charge in [0.15, 0.2) is 5.03 Å². The summed E-state index contributed by atoms with van der Waals surface area (Å²) in [5, 5.41) is -0.158. The average Bonchev–Trinajstić information content (AvgIpc) is 2.86. The number of pyridine rings is 1. The Bertz CT molecular complexity index is 1160. The van der Waals surface area contributed by atoms with Crippen LogP contribution in [0.3, 0.4) is 0 Å². The summed E-state index contributed by atoms with van der Waals surface area (Å²) < 4.78 is 29.7. The van der Waals surface area contributed by atoms with E-state index in [0.29, 0.717) is 19.5 Å². The fourth-order valence-corrected chi connectivity index (χ4v) is 4.63. The third-order valence-corrected chi connectivity index (χ3v) is 6.67. The number of aromatic nitrogens is 1. The molecule has 2 N–H and O–H groups in total. The van der Waals surface area contributed by atoms with Crippen LogP contribution in [0.25, 0.3) is 0 Å². The summed E-state index contributed by atoms with van der Waals surface area (Å²) in [6.07, 6.45) is 1.74. The molecule has 4 rings (SSSR count). The van der Waals surface area contributed by atoms with E-state index in [9.17, 15) is 13.2 Å². The van der Waals surface area contributed by atoms with E-state index >= 15 is 0 Å². The average molecular weight is 467 g/mol. The van der Waals surface area contributed by atoms with E-state index in [-0.39, 0.29) is 16.7 Å². The lowest BCUT2D eigenvalue weighted by molar-refractivity contribution is -0.132. The molecule has 1 aromatic heterocycles. The van der Waals surface area contributed by atoms with Gasteiger partial charge in [-0.05, 0) is 48.4 Å².